The summed E-state index contributed by atoms with van der Waals surface area (Å²) in [5.74, 6) is -1.80. The van der Waals surface area contributed by atoms with Crippen LogP contribution in [0.5, 0.6) is 0 Å². The van der Waals surface area contributed by atoms with Gasteiger partial charge in [-0.25, -0.2) is 4.79 Å². The Balaban J connectivity index is 1.66. The molecule has 0 spiro atoms. The van der Waals surface area contributed by atoms with Crippen molar-refractivity contribution in [1.82, 2.24) is 19.6 Å². The highest BCUT2D eigenvalue weighted by molar-refractivity contribution is 5.83. The molecule has 3 saturated heterocycles. The molecule has 0 aromatic heterocycles. The molecule has 7 nitrogen and oxygen atoms in total. The maximum Gasteiger partial charge on any atom is 0.471 e. The third kappa shape index (κ3) is 4.53. The van der Waals surface area contributed by atoms with E-state index in [1.54, 1.807) is 9.80 Å². The third-order valence-corrected chi connectivity index (χ3v) is 6.05. The standard InChI is InChI=1S/C18H29F3N4O3/c1-22(2)14-3-7-23(11-14)17(27)24-8-4-15(12-24)25(16(26)18(19,20)21)13-5-9-28-10-6-13/h13-15H,3-12H2,1-2H3/t14-,15+/m0/s1. The SMILES string of the molecule is CN(C)[C@H]1CCN(C(=O)N2CC[C@@H](N(C(=O)C(F)(F)F)C3CCOCC3)C2)C1. The van der Waals surface area contributed by atoms with E-state index in [1.165, 1.54) is 0 Å². The van der Waals surface area contributed by atoms with Crippen LogP contribution in [-0.4, -0.2) is 109 Å². The highest BCUT2D eigenvalue weighted by Crippen LogP contribution is 2.30. The fraction of sp³-hybridized carbons (Fsp3) is 0.889. The van der Waals surface area contributed by atoms with Gasteiger partial charge in [0.05, 0.1) is 6.04 Å². The number of carbonyl (C=O) groups is 2. The van der Waals surface area contributed by atoms with Crippen LogP contribution in [0, 0.1) is 0 Å². The Morgan fingerprint density at radius 3 is 1.93 bits per heavy atom. The van der Waals surface area contributed by atoms with Crippen molar-refractivity contribution in [3.05, 3.63) is 0 Å². The van der Waals surface area contributed by atoms with Crippen molar-refractivity contribution < 1.29 is 27.5 Å². The van der Waals surface area contributed by atoms with Crippen LogP contribution in [-0.2, 0) is 9.53 Å². The maximum absolute atomic E-state index is 13.2. The van der Waals surface area contributed by atoms with Crippen LogP contribution < -0.4 is 0 Å². The lowest BCUT2D eigenvalue weighted by molar-refractivity contribution is -0.192. The minimum Gasteiger partial charge on any atom is -0.381 e. The second-order valence-electron chi connectivity index (χ2n) is 8.08. The molecule has 160 valence electrons. The Hall–Kier alpha value is -1.55. The molecule has 3 aliphatic rings. The number of alkyl halides is 3. The number of ether oxygens (including phenoxy) is 1. The minimum atomic E-state index is -4.91. The summed E-state index contributed by atoms with van der Waals surface area (Å²) in [6.07, 6.45) is -2.87. The molecule has 0 radical (unpaired) electrons. The van der Waals surface area contributed by atoms with Gasteiger partial charge in [0.15, 0.2) is 0 Å². The Morgan fingerprint density at radius 2 is 1.43 bits per heavy atom. The maximum atomic E-state index is 13.2. The number of halogens is 3. The summed E-state index contributed by atoms with van der Waals surface area (Å²) >= 11 is 0. The van der Waals surface area contributed by atoms with Crippen LogP contribution in [0.1, 0.15) is 25.7 Å². The number of hydrogen-bond donors (Lipinski definition) is 0. The Bertz CT molecular complexity index is 581. The predicted octanol–water partition coefficient (Wildman–Crippen LogP) is 1.39. The van der Waals surface area contributed by atoms with Crippen molar-refractivity contribution in [2.24, 2.45) is 0 Å². The average molecular weight is 406 g/mol. The van der Waals surface area contributed by atoms with Gasteiger partial charge in [-0.1, -0.05) is 0 Å². The van der Waals surface area contributed by atoms with Crippen molar-refractivity contribution in [2.45, 2.75) is 50.0 Å². The van der Waals surface area contributed by atoms with Crippen LogP contribution in [0.4, 0.5) is 18.0 Å². The summed E-state index contributed by atoms with van der Waals surface area (Å²) in [6.45, 7) is 2.49. The van der Waals surface area contributed by atoms with E-state index in [2.05, 4.69) is 4.90 Å². The molecular weight excluding hydrogens is 377 g/mol. The largest absolute Gasteiger partial charge is 0.471 e. The van der Waals surface area contributed by atoms with E-state index in [0.717, 1.165) is 11.3 Å². The zero-order valence-corrected chi connectivity index (χ0v) is 16.5. The highest BCUT2D eigenvalue weighted by Gasteiger charge is 2.49. The number of nitrogens with zero attached hydrogens (tertiary/aromatic N) is 4. The van der Waals surface area contributed by atoms with E-state index < -0.39 is 24.2 Å². The van der Waals surface area contributed by atoms with Gasteiger partial charge in [0.2, 0.25) is 0 Å². The second-order valence-corrected chi connectivity index (χ2v) is 8.08. The van der Waals surface area contributed by atoms with Crippen molar-refractivity contribution in [2.75, 3.05) is 53.5 Å². The minimum absolute atomic E-state index is 0.141. The van der Waals surface area contributed by atoms with Crippen molar-refractivity contribution in [1.29, 1.82) is 0 Å². The van der Waals surface area contributed by atoms with Crippen molar-refractivity contribution in [3.8, 4) is 0 Å². The highest BCUT2D eigenvalue weighted by atomic mass is 19.4. The molecule has 0 N–H and O–H groups in total. The van der Waals surface area contributed by atoms with Gasteiger partial charge in [-0.3, -0.25) is 4.79 Å². The molecule has 2 atom stereocenters. The smallest absolute Gasteiger partial charge is 0.381 e. The number of likely N-dealkylation sites (N-methyl/N-ethyl adjacent to an activating group) is 1. The van der Waals surface area contributed by atoms with Gasteiger partial charge >= 0.3 is 18.1 Å². The molecule has 3 fully saturated rings. The zero-order chi connectivity index (χ0) is 20.5. The number of hydrogen-bond acceptors (Lipinski definition) is 4. The van der Waals surface area contributed by atoms with E-state index in [1.807, 2.05) is 14.1 Å². The predicted molar refractivity (Wildman–Crippen MR) is 95.8 cm³/mol. The van der Waals surface area contributed by atoms with Gasteiger partial charge in [-0.05, 0) is 39.8 Å². The summed E-state index contributed by atoms with van der Waals surface area (Å²) in [6, 6.07) is -0.938. The van der Waals surface area contributed by atoms with Crippen LogP contribution in [0.3, 0.4) is 0 Å². The third-order valence-electron chi connectivity index (χ3n) is 6.05. The van der Waals surface area contributed by atoms with E-state index in [0.29, 0.717) is 58.2 Å². The number of likely N-dealkylation sites (tertiary alicyclic amines) is 2. The molecular formula is C18H29F3N4O3. The van der Waals surface area contributed by atoms with Gasteiger partial charge in [0.25, 0.3) is 0 Å². The monoisotopic (exact) mass is 406 g/mol. The van der Waals surface area contributed by atoms with Gasteiger partial charge in [0.1, 0.15) is 0 Å². The van der Waals surface area contributed by atoms with Crippen LogP contribution >= 0.6 is 0 Å². The van der Waals surface area contributed by atoms with Crippen LogP contribution in [0.15, 0.2) is 0 Å². The van der Waals surface area contributed by atoms with E-state index in [9.17, 15) is 22.8 Å². The molecule has 0 unspecified atom stereocenters. The normalized spacial score (nSPS) is 26.9. The molecule has 28 heavy (non-hydrogen) atoms. The molecule has 0 aliphatic carbocycles. The zero-order valence-electron chi connectivity index (χ0n) is 16.5. The summed E-state index contributed by atoms with van der Waals surface area (Å²) in [7, 11) is 3.94. The Kier molecular flexibility index (Phi) is 6.38. The molecule has 3 rings (SSSR count). The first-order valence-electron chi connectivity index (χ1n) is 9.86. The van der Waals surface area contributed by atoms with Gasteiger partial charge in [0, 0.05) is 51.5 Å². The molecule has 3 heterocycles. The molecule has 10 heteroatoms. The van der Waals surface area contributed by atoms with Crippen molar-refractivity contribution >= 4 is 11.9 Å². The Morgan fingerprint density at radius 1 is 0.893 bits per heavy atom. The first-order chi connectivity index (χ1) is 13.2. The van der Waals surface area contributed by atoms with Gasteiger partial charge < -0.3 is 24.3 Å². The molecule has 0 aromatic rings. The number of amides is 3. The number of urea groups is 1. The summed E-state index contributed by atoms with van der Waals surface area (Å²) in [5, 5.41) is 0. The lowest BCUT2D eigenvalue weighted by Gasteiger charge is -2.38. The molecule has 3 aliphatic heterocycles. The first kappa shape index (κ1) is 21.2. The number of rotatable bonds is 3. The molecule has 0 bridgehead atoms. The summed E-state index contributed by atoms with van der Waals surface area (Å²) in [4.78, 5) is 31.4. The fourth-order valence-electron chi connectivity index (χ4n) is 4.42. The fourth-order valence-corrected chi connectivity index (χ4v) is 4.42. The van der Waals surface area contributed by atoms with Gasteiger partial charge in [-0.2, -0.15) is 13.2 Å². The Labute approximate surface area is 163 Å². The van der Waals surface area contributed by atoms with Crippen LogP contribution in [0.25, 0.3) is 0 Å². The first-order valence-corrected chi connectivity index (χ1v) is 9.86. The lowest BCUT2D eigenvalue weighted by Crippen LogP contribution is -2.55. The molecule has 0 saturated carbocycles. The van der Waals surface area contributed by atoms with Crippen LogP contribution in [0.2, 0.25) is 0 Å². The summed E-state index contributed by atoms with van der Waals surface area (Å²) in [5.41, 5.74) is 0. The summed E-state index contributed by atoms with van der Waals surface area (Å²) < 4.78 is 44.9. The van der Waals surface area contributed by atoms with Gasteiger partial charge in [-0.15, -0.1) is 0 Å². The molecule has 0 aromatic carbocycles. The van der Waals surface area contributed by atoms with Crippen molar-refractivity contribution in [3.63, 3.8) is 0 Å². The number of carbonyl (C=O) groups excluding carboxylic acids is 2. The van der Waals surface area contributed by atoms with E-state index in [4.69, 9.17) is 4.74 Å². The lowest BCUT2D eigenvalue weighted by atomic mass is 10.0. The topological polar surface area (TPSA) is 56.3 Å². The quantitative estimate of drug-likeness (QED) is 0.711. The van der Waals surface area contributed by atoms with E-state index in [-0.39, 0.29) is 12.6 Å². The molecule has 3 amide bonds. The second kappa shape index (κ2) is 8.44. The average Bonchev–Trinajstić information content (AvgIpc) is 3.31. The van der Waals surface area contributed by atoms with E-state index >= 15 is 0 Å².